The highest BCUT2D eigenvalue weighted by Gasteiger charge is 2.48. The monoisotopic (exact) mass is 226 g/mol. The third kappa shape index (κ3) is 1.91. The van der Waals surface area contributed by atoms with Gasteiger partial charge in [-0.1, -0.05) is 12.2 Å². The molecule has 0 amide bonds. The Morgan fingerprint density at radius 3 is 2.25 bits per heavy atom. The van der Waals surface area contributed by atoms with Crippen LogP contribution in [0.1, 0.15) is 25.7 Å². The van der Waals surface area contributed by atoms with E-state index in [0.717, 1.165) is 25.7 Å². The van der Waals surface area contributed by atoms with E-state index in [0.29, 0.717) is 26.4 Å². The second kappa shape index (κ2) is 4.11. The Morgan fingerprint density at radius 1 is 0.875 bits per heavy atom. The molecule has 3 aliphatic rings. The van der Waals surface area contributed by atoms with Crippen LogP contribution in [0.2, 0.25) is 0 Å². The molecule has 2 heterocycles. The molecule has 4 nitrogen and oxygen atoms in total. The number of hydrogen-bond donors (Lipinski definition) is 0. The van der Waals surface area contributed by atoms with Crippen LogP contribution in [-0.4, -0.2) is 32.6 Å². The van der Waals surface area contributed by atoms with E-state index >= 15 is 0 Å². The van der Waals surface area contributed by atoms with E-state index in [1.165, 1.54) is 0 Å². The number of rotatable bonds is 0. The topological polar surface area (TPSA) is 36.9 Å². The first kappa shape index (κ1) is 10.7. The Hall–Kier alpha value is -0.420. The minimum atomic E-state index is -1.19. The van der Waals surface area contributed by atoms with Crippen LogP contribution in [0.4, 0.5) is 0 Å². The molecule has 2 aliphatic heterocycles. The second-order valence-electron chi connectivity index (χ2n) is 4.84. The van der Waals surface area contributed by atoms with Crippen molar-refractivity contribution >= 4 is 0 Å². The van der Waals surface area contributed by atoms with Gasteiger partial charge in [-0.2, -0.15) is 0 Å². The normalized spacial score (nSPS) is 32.0. The van der Waals surface area contributed by atoms with Gasteiger partial charge in [-0.3, -0.25) is 0 Å². The zero-order valence-electron chi connectivity index (χ0n) is 9.44. The molecule has 3 rings (SSSR count). The third-order valence-electron chi connectivity index (χ3n) is 3.52. The minimum absolute atomic E-state index is 0.143. The number of ether oxygens (including phenoxy) is 4. The van der Waals surface area contributed by atoms with Crippen molar-refractivity contribution in [2.24, 2.45) is 5.41 Å². The standard InChI is InChI=1S/C12H18O4/c1-2-5-11(6-3-1)9-15-12(16-10-11)13-7-4-8-14-12/h1-2H,3-10H2. The van der Waals surface area contributed by atoms with Gasteiger partial charge in [-0.05, 0) is 25.7 Å². The van der Waals surface area contributed by atoms with Gasteiger partial charge < -0.3 is 18.9 Å². The Labute approximate surface area is 95.5 Å². The Morgan fingerprint density at radius 2 is 1.62 bits per heavy atom. The summed E-state index contributed by atoms with van der Waals surface area (Å²) in [6, 6.07) is 0. The van der Waals surface area contributed by atoms with Gasteiger partial charge in [-0.15, -0.1) is 0 Å². The molecule has 0 saturated carbocycles. The van der Waals surface area contributed by atoms with E-state index in [-0.39, 0.29) is 5.41 Å². The second-order valence-corrected chi connectivity index (χ2v) is 4.84. The smallest absolute Gasteiger partial charge is 0.303 e. The van der Waals surface area contributed by atoms with Crippen LogP contribution in [0.5, 0.6) is 0 Å². The summed E-state index contributed by atoms with van der Waals surface area (Å²) in [4.78, 5) is 0. The first-order chi connectivity index (χ1) is 7.83. The quantitative estimate of drug-likeness (QED) is 0.590. The van der Waals surface area contributed by atoms with Gasteiger partial charge >= 0.3 is 6.16 Å². The van der Waals surface area contributed by atoms with E-state index in [4.69, 9.17) is 18.9 Å². The molecular weight excluding hydrogens is 208 g/mol. The lowest BCUT2D eigenvalue weighted by Crippen LogP contribution is -2.54. The Bertz CT molecular complexity index is 271. The molecule has 16 heavy (non-hydrogen) atoms. The molecule has 90 valence electrons. The fourth-order valence-corrected chi connectivity index (χ4v) is 2.43. The summed E-state index contributed by atoms with van der Waals surface area (Å²) in [6.45, 7) is 2.62. The van der Waals surface area contributed by atoms with Crippen molar-refractivity contribution in [1.82, 2.24) is 0 Å². The van der Waals surface area contributed by atoms with Crippen LogP contribution < -0.4 is 0 Å². The maximum absolute atomic E-state index is 5.70. The fourth-order valence-electron chi connectivity index (χ4n) is 2.43. The van der Waals surface area contributed by atoms with E-state index in [9.17, 15) is 0 Å². The van der Waals surface area contributed by atoms with Crippen molar-refractivity contribution in [1.29, 1.82) is 0 Å². The molecule has 1 aliphatic carbocycles. The van der Waals surface area contributed by atoms with Crippen molar-refractivity contribution in [2.75, 3.05) is 26.4 Å². The maximum Gasteiger partial charge on any atom is 0.412 e. The predicted octanol–water partition coefficient (Wildman–Crippen LogP) is 1.81. The van der Waals surface area contributed by atoms with Crippen molar-refractivity contribution < 1.29 is 18.9 Å². The molecule has 2 fully saturated rings. The molecule has 0 unspecified atom stereocenters. The Balaban J connectivity index is 1.64. The highest BCUT2D eigenvalue weighted by Crippen LogP contribution is 2.40. The van der Waals surface area contributed by atoms with Crippen LogP contribution in [0, 0.1) is 5.41 Å². The van der Waals surface area contributed by atoms with Gasteiger partial charge in [0, 0.05) is 5.41 Å². The first-order valence-corrected chi connectivity index (χ1v) is 6.04. The molecule has 2 saturated heterocycles. The summed E-state index contributed by atoms with van der Waals surface area (Å²) >= 11 is 0. The summed E-state index contributed by atoms with van der Waals surface area (Å²) in [5, 5.41) is 0. The number of hydrogen-bond acceptors (Lipinski definition) is 4. The maximum atomic E-state index is 5.70. The zero-order valence-corrected chi connectivity index (χ0v) is 9.44. The molecule has 0 N–H and O–H groups in total. The highest BCUT2D eigenvalue weighted by molar-refractivity contribution is 4.98. The summed E-state index contributed by atoms with van der Waals surface area (Å²) in [5.74, 6) is 0. The van der Waals surface area contributed by atoms with Gasteiger partial charge in [0.15, 0.2) is 0 Å². The lowest BCUT2D eigenvalue weighted by atomic mass is 9.78. The average molecular weight is 226 g/mol. The van der Waals surface area contributed by atoms with Gasteiger partial charge in [0.05, 0.1) is 26.4 Å². The summed E-state index contributed by atoms with van der Waals surface area (Å²) in [6.07, 6.45) is 7.43. The van der Waals surface area contributed by atoms with E-state index in [2.05, 4.69) is 12.2 Å². The van der Waals surface area contributed by atoms with Crippen molar-refractivity contribution in [3.05, 3.63) is 12.2 Å². The summed E-state index contributed by atoms with van der Waals surface area (Å²) in [5.41, 5.74) is 0.143. The van der Waals surface area contributed by atoms with E-state index in [1.807, 2.05) is 0 Å². The van der Waals surface area contributed by atoms with Gasteiger partial charge in [0.25, 0.3) is 0 Å². The lowest BCUT2D eigenvalue weighted by Gasteiger charge is -2.46. The molecular formula is C12H18O4. The van der Waals surface area contributed by atoms with E-state index < -0.39 is 6.16 Å². The SMILES string of the molecule is C1=CCC2(CC1)COC1(OCCCO1)OC2. The van der Waals surface area contributed by atoms with Crippen molar-refractivity contribution in [3.63, 3.8) is 0 Å². The first-order valence-electron chi connectivity index (χ1n) is 6.04. The molecule has 0 radical (unpaired) electrons. The lowest BCUT2D eigenvalue weighted by molar-refractivity contribution is -0.536. The molecule has 0 atom stereocenters. The summed E-state index contributed by atoms with van der Waals surface area (Å²) in [7, 11) is 0. The molecule has 0 aromatic heterocycles. The third-order valence-corrected chi connectivity index (χ3v) is 3.52. The van der Waals surface area contributed by atoms with Crippen LogP contribution in [0.3, 0.4) is 0 Å². The zero-order chi connectivity index (χ0) is 10.9. The van der Waals surface area contributed by atoms with Gasteiger partial charge in [0.1, 0.15) is 0 Å². The minimum Gasteiger partial charge on any atom is -0.303 e. The van der Waals surface area contributed by atoms with Crippen LogP contribution in [0.25, 0.3) is 0 Å². The largest absolute Gasteiger partial charge is 0.412 e. The number of allylic oxidation sites excluding steroid dienone is 2. The molecule has 4 heteroatoms. The van der Waals surface area contributed by atoms with E-state index in [1.54, 1.807) is 0 Å². The predicted molar refractivity (Wildman–Crippen MR) is 56.6 cm³/mol. The van der Waals surface area contributed by atoms with Crippen LogP contribution in [-0.2, 0) is 18.9 Å². The molecule has 0 aromatic carbocycles. The van der Waals surface area contributed by atoms with Gasteiger partial charge in [0.2, 0.25) is 0 Å². The Kier molecular flexibility index (Phi) is 2.75. The fraction of sp³-hybridized carbons (Fsp3) is 0.833. The van der Waals surface area contributed by atoms with Crippen molar-refractivity contribution in [3.8, 4) is 0 Å². The summed E-state index contributed by atoms with van der Waals surface area (Å²) < 4.78 is 22.3. The average Bonchev–Trinajstić information content (AvgIpc) is 2.36. The highest BCUT2D eigenvalue weighted by atomic mass is 17.0. The molecule has 2 spiro atoms. The van der Waals surface area contributed by atoms with Crippen molar-refractivity contribution in [2.45, 2.75) is 31.8 Å². The van der Waals surface area contributed by atoms with Crippen LogP contribution >= 0.6 is 0 Å². The van der Waals surface area contributed by atoms with Crippen LogP contribution in [0.15, 0.2) is 12.2 Å². The molecule has 0 bridgehead atoms. The van der Waals surface area contributed by atoms with Gasteiger partial charge in [-0.25, -0.2) is 0 Å². The molecule has 0 aromatic rings.